The van der Waals surface area contributed by atoms with Gasteiger partial charge in [-0.25, -0.2) is 0 Å². The maximum atomic E-state index is 12.9. The second-order valence-electron chi connectivity index (χ2n) is 23.4. The molecule has 0 saturated carbocycles. The van der Waals surface area contributed by atoms with E-state index in [-0.39, 0.29) is 31.1 Å². The van der Waals surface area contributed by atoms with Crippen molar-refractivity contribution < 1.29 is 28.6 Å². The summed E-state index contributed by atoms with van der Waals surface area (Å²) in [6.07, 6.45) is 89.4. The van der Waals surface area contributed by atoms with Gasteiger partial charge in [-0.1, -0.05) is 325 Å². The van der Waals surface area contributed by atoms with Gasteiger partial charge >= 0.3 is 17.9 Å². The first kappa shape index (κ1) is 76.9. The van der Waals surface area contributed by atoms with Gasteiger partial charge in [-0.05, 0) is 89.9 Å². The molecular formula is C74H132O6. The van der Waals surface area contributed by atoms with Crippen LogP contribution in [-0.4, -0.2) is 37.2 Å². The minimum Gasteiger partial charge on any atom is -0.462 e. The highest BCUT2D eigenvalue weighted by atomic mass is 16.6. The predicted molar refractivity (Wildman–Crippen MR) is 348 cm³/mol. The molecule has 0 aliphatic rings. The highest BCUT2D eigenvalue weighted by Crippen LogP contribution is 2.18. The molecule has 0 heterocycles. The molecular weight excluding hydrogens is 985 g/mol. The molecule has 0 fully saturated rings. The number of hydrogen-bond acceptors (Lipinski definition) is 6. The number of ether oxygens (including phenoxy) is 3. The second kappa shape index (κ2) is 68.3. The summed E-state index contributed by atoms with van der Waals surface area (Å²) in [6, 6.07) is 0. The number of rotatable bonds is 64. The Hall–Kier alpha value is -3.15. The summed E-state index contributed by atoms with van der Waals surface area (Å²) < 4.78 is 16.9. The van der Waals surface area contributed by atoms with Crippen LogP contribution in [-0.2, 0) is 28.6 Å². The third kappa shape index (κ3) is 65.7. The lowest BCUT2D eigenvalue weighted by Crippen LogP contribution is -2.30. The Kier molecular flexibility index (Phi) is 65.7. The first-order valence-electron chi connectivity index (χ1n) is 34.9. The third-order valence-corrected chi connectivity index (χ3v) is 15.4. The van der Waals surface area contributed by atoms with E-state index in [1.54, 1.807) is 0 Å². The predicted octanol–water partition coefficient (Wildman–Crippen LogP) is 24.1. The van der Waals surface area contributed by atoms with Crippen LogP contribution in [0.4, 0.5) is 0 Å². The van der Waals surface area contributed by atoms with E-state index in [0.29, 0.717) is 19.3 Å². The number of unbranched alkanes of at least 4 members (excludes halogenated alkanes) is 41. The number of carbonyl (C=O) groups is 3. The molecule has 0 aliphatic heterocycles. The average molecular weight is 1120 g/mol. The quantitative estimate of drug-likeness (QED) is 0.0261. The largest absolute Gasteiger partial charge is 0.462 e. The van der Waals surface area contributed by atoms with Gasteiger partial charge in [0.05, 0.1) is 0 Å². The van der Waals surface area contributed by atoms with Gasteiger partial charge in [-0.3, -0.25) is 14.4 Å². The van der Waals surface area contributed by atoms with Crippen LogP contribution in [0.25, 0.3) is 0 Å². The van der Waals surface area contributed by atoms with Crippen molar-refractivity contribution in [3.8, 4) is 0 Å². The summed E-state index contributed by atoms with van der Waals surface area (Å²) >= 11 is 0. The Morgan fingerprint density at radius 3 is 0.787 bits per heavy atom. The molecule has 0 spiro atoms. The monoisotopic (exact) mass is 1120 g/mol. The lowest BCUT2D eigenvalue weighted by molar-refractivity contribution is -0.167. The molecule has 0 aliphatic carbocycles. The van der Waals surface area contributed by atoms with Crippen LogP contribution in [0.5, 0.6) is 0 Å². The fourth-order valence-corrected chi connectivity index (χ4v) is 10.2. The van der Waals surface area contributed by atoms with E-state index < -0.39 is 6.10 Å². The van der Waals surface area contributed by atoms with Crippen molar-refractivity contribution in [3.05, 3.63) is 72.9 Å². The Morgan fingerprint density at radius 1 is 0.263 bits per heavy atom. The zero-order valence-corrected chi connectivity index (χ0v) is 53.3. The maximum absolute atomic E-state index is 12.9. The molecule has 0 rings (SSSR count). The summed E-state index contributed by atoms with van der Waals surface area (Å²) in [5.41, 5.74) is 0. The molecule has 6 nitrogen and oxygen atoms in total. The van der Waals surface area contributed by atoms with Crippen molar-refractivity contribution in [2.24, 2.45) is 0 Å². The Morgan fingerprint density at radius 2 is 0.487 bits per heavy atom. The van der Waals surface area contributed by atoms with Gasteiger partial charge in [-0.2, -0.15) is 0 Å². The Labute approximate surface area is 497 Å². The van der Waals surface area contributed by atoms with Crippen molar-refractivity contribution in [1.29, 1.82) is 0 Å². The van der Waals surface area contributed by atoms with Crippen LogP contribution in [0, 0.1) is 0 Å². The highest BCUT2D eigenvalue weighted by Gasteiger charge is 2.19. The minimum absolute atomic E-state index is 0.0830. The smallest absolute Gasteiger partial charge is 0.306 e. The SMILES string of the molecule is CC/C=C\C/C=C\C/C=C\C/C=C\C/C=C\CCCCCCCC(=O)OC(COC(=O)CCCCCCC/C=C\CCCCCC)COC(=O)CCCCCCCCCCCCCCCCCCCCCCCCCCCCCC. The van der Waals surface area contributed by atoms with Gasteiger partial charge in [0.15, 0.2) is 6.10 Å². The number of hydrogen-bond donors (Lipinski definition) is 0. The van der Waals surface area contributed by atoms with Crippen LogP contribution in [0.2, 0.25) is 0 Å². The van der Waals surface area contributed by atoms with Crippen molar-refractivity contribution in [1.82, 2.24) is 0 Å². The molecule has 0 aromatic carbocycles. The van der Waals surface area contributed by atoms with Crippen LogP contribution < -0.4 is 0 Å². The Balaban J connectivity index is 4.25. The van der Waals surface area contributed by atoms with Gasteiger partial charge in [0.2, 0.25) is 0 Å². The van der Waals surface area contributed by atoms with Crippen LogP contribution in [0.15, 0.2) is 72.9 Å². The summed E-state index contributed by atoms with van der Waals surface area (Å²) in [7, 11) is 0. The molecule has 0 saturated heterocycles. The van der Waals surface area contributed by atoms with Crippen molar-refractivity contribution in [3.63, 3.8) is 0 Å². The van der Waals surface area contributed by atoms with Crippen LogP contribution in [0.3, 0.4) is 0 Å². The normalized spacial score (nSPS) is 12.5. The first-order valence-corrected chi connectivity index (χ1v) is 34.9. The van der Waals surface area contributed by atoms with Gasteiger partial charge in [0, 0.05) is 19.3 Å². The van der Waals surface area contributed by atoms with Gasteiger partial charge < -0.3 is 14.2 Å². The highest BCUT2D eigenvalue weighted by molar-refractivity contribution is 5.71. The molecule has 1 atom stereocenters. The number of carbonyl (C=O) groups excluding carboxylic acids is 3. The van der Waals surface area contributed by atoms with E-state index in [1.165, 1.54) is 205 Å². The molecule has 0 bridgehead atoms. The van der Waals surface area contributed by atoms with Crippen LogP contribution >= 0.6 is 0 Å². The van der Waals surface area contributed by atoms with Gasteiger partial charge in [-0.15, -0.1) is 0 Å². The molecule has 0 radical (unpaired) electrons. The van der Waals surface area contributed by atoms with Gasteiger partial charge in [0.25, 0.3) is 0 Å². The van der Waals surface area contributed by atoms with Crippen molar-refractivity contribution >= 4 is 17.9 Å². The topological polar surface area (TPSA) is 78.9 Å². The third-order valence-electron chi connectivity index (χ3n) is 15.4. The van der Waals surface area contributed by atoms with E-state index in [0.717, 1.165) is 116 Å². The molecule has 0 N–H and O–H groups in total. The number of esters is 3. The average Bonchev–Trinajstić information content (AvgIpc) is 3.46. The second-order valence-corrected chi connectivity index (χ2v) is 23.4. The van der Waals surface area contributed by atoms with Crippen molar-refractivity contribution in [2.75, 3.05) is 13.2 Å². The standard InChI is InChI=1S/C74H132O6/c1-4-7-10-13-16-19-22-25-27-29-31-33-34-35-36-37-38-39-41-42-44-46-49-52-55-58-61-64-67-73(76)79-70-71(69-78-72(75)66-63-60-57-54-51-48-24-21-18-15-12-9-6-3)80-74(77)68-65-62-59-56-53-50-47-45-43-40-32-30-28-26-23-20-17-14-11-8-5-2/h8,11,17,20-21,24,26,28,32,40,45,47,71H,4-7,9-10,12-16,18-19,22-23,25,27,29-31,33-39,41-44,46,48-70H2,1-3H3/b11-8-,20-17-,24-21-,28-26-,40-32-,47-45-. The fraction of sp³-hybridized carbons (Fsp3) is 0.797. The fourth-order valence-electron chi connectivity index (χ4n) is 10.2. The Bertz CT molecular complexity index is 1470. The lowest BCUT2D eigenvalue weighted by Gasteiger charge is -2.18. The molecule has 0 amide bonds. The summed E-state index contributed by atoms with van der Waals surface area (Å²) in [5, 5.41) is 0. The van der Waals surface area contributed by atoms with E-state index in [2.05, 4.69) is 93.7 Å². The summed E-state index contributed by atoms with van der Waals surface area (Å²) in [6.45, 7) is 6.54. The molecule has 80 heavy (non-hydrogen) atoms. The molecule has 0 aromatic rings. The van der Waals surface area contributed by atoms with Crippen LogP contribution in [0.1, 0.15) is 361 Å². The zero-order chi connectivity index (χ0) is 57.8. The molecule has 0 aromatic heterocycles. The minimum atomic E-state index is -0.790. The molecule has 1 unspecified atom stereocenters. The molecule has 6 heteroatoms. The van der Waals surface area contributed by atoms with Gasteiger partial charge in [0.1, 0.15) is 13.2 Å². The summed E-state index contributed by atoms with van der Waals surface area (Å²) in [4.78, 5) is 38.4. The van der Waals surface area contributed by atoms with E-state index in [4.69, 9.17) is 14.2 Å². The van der Waals surface area contributed by atoms with Crippen molar-refractivity contribution in [2.45, 2.75) is 367 Å². The molecule has 464 valence electrons. The lowest BCUT2D eigenvalue weighted by atomic mass is 10.0. The summed E-state index contributed by atoms with van der Waals surface area (Å²) in [5.74, 6) is -0.893. The number of allylic oxidation sites excluding steroid dienone is 12. The first-order chi connectivity index (χ1) is 39.5. The van der Waals surface area contributed by atoms with E-state index in [9.17, 15) is 14.4 Å². The van der Waals surface area contributed by atoms with E-state index in [1.807, 2.05) is 0 Å². The van der Waals surface area contributed by atoms with E-state index >= 15 is 0 Å². The zero-order valence-electron chi connectivity index (χ0n) is 53.3. The maximum Gasteiger partial charge on any atom is 0.306 e.